The normalized spacial score (nSPS) is 13.6. The highest BCUT2D eigenvalue weighted by atomic mass is 32.2. The van der Waals surface area contributed by atoms with Crippen molar-refractivity contribution in [3.8, 4) is 0 Å². The van der Waals surface area contributed by atoms with Crippen molar-refractivity contribution in [2.45, 2.75) is 31.5 Å². The predicted octanol–water partition coefficient (Wildman–Crippen LogP) is 2.18. The Morgan fingerprint density at radius 2 is 2.20 bits per heavy atom. The van der Waals surface area contributed by atoms with Crippen LogP contribution in [0.15, 0.2) is 27.8 Å². The van der Waals surface area contributed by atoms with E-state index in [-0.39, 0.29) is 5.92 Å². The molecule has 0 spiro atoms. The molecule has 2 aromatic rings. The molecule has 2 aromatic heterocycles. The quantitative estimate of drug-likeness (QED) is 0.889. The maximum Gasteiger partial charge on any atom is 0.250 e. The van der Waals surface area contributed by atoms with Crippen LogP contribution in [-0.4, -0.2) is 24.7 Å². The number of rotatable bonds is 6. The van der Waals surface area contributed by atoms with Crippen molar-refractivity contribution in [2.24, 2.45) is 5.92 Å². The van der Waals surface area contributed by atoms with E-state index < -0.39 is 10.0 Å². The van der Waals surface area contributed by atoms with Crippen molar-refractivity contribution in [3.63, 3.8) is 0 Å². The molecule has 0 aromatic carbocycles. The summed E-state index contributed by atoms with van der Waals surface area (Å²) in [5.74, 6) is 0.169. The van der Waals surface area contributed by atoms with E-state index in [1.807, 2.05) is 31.5 Å². The molecule has 0 amide bonds. The molecule has 0 aliphatic carbocycles. The van der Waals surface area contributed by atoms with Gasteiger partial charge in [-0.25, -0.2) is 13.1 Å². The first-order chi connectivity index (χ1) is 9.38. The van der Waals surface area contributed by atoms with Crippen LogP contribution >= 0.6 is 11.3 Å². The lowest BCUT2D eigenvalue weighted by atomic mass is 10.2. The van der Waals surface area contributed by atoms with Crippen LogP contribution in [0.5, 0.6) is 0 Å². The minimum atomic E-state index is -3.37. The molecule has 0 saturated heterocycles. The largest absolute Gasteiger partial charge is 0.269 e. The van der Waals surface area contributed by atoms with Crippen molar-refractivity contribution in [1.82, 2.24) is 14.5 Å². The van der Waals surface area contributed by atoms with Gasteiger partial charge < -0.3 is 0 Å². The smallest absolute Gasteiger partial charge is 0.250 e. The Balaban J connectivity index is 1.93. The Morgan fingerprint density at radius 3 is 2.75 bits per heavy atom. The molecule has 0 radical (unpaired) electrons. The summed E-state index contributed by atoms with van der Waals surface area (Å²) in [6, 6.07) is 5.36. The Kier molecular flexibility index (Phi) is 4.62. The topological polar surface area (TPSA) is 64.0 Å². The highest BCUT2D eigenvalue weighted by Crippen LogP contribution is 2.15. The summed E-state index contributed by atoms with van der Waals surface area (Å²) in [5, 5.41) is 6.14. The summed E-state index contributed by atoms with van der Waals surface area (Å²) in [4.78, 5) is 0. The molecule has 2 heterocycles. The number of nitrogens with one attached hydrogen (secondary N) is 1. The van der Waals surface area contributed by atoms with Crippen LogP contribution in [0, 0.1) is 19.8 Å². The molecule has 1 atom stereocenters. The highest BCUT2D eigenvalue weighted by molar-refractivity contribution is 7.91. The zero-order valence-electron chi connectivity index (χ0n) is 11.8. The van der Waals surface area contributed by atoms with Gasteiger partial charge in [0.25, 0.3) is 0 Å². The second-order valence-corrected chi connectivity index (χ2v) is 7.94. The van der Waals surface area contributed by atoms with Crippen LogP contribution < -0.4 is 4.72 Å². The van der Waals surface area contributed by atoms with Gasteiger partial charge in [-0.3, -0.25) is 4.68 Å². The van der Waals surface area contributed by atoms with Crippen LogP contribution in [0.1, 0.15) is 18.3 Å². The highest BCUT2D eigenvalue weighted by Gasteiger charge is 2.16. The lowest BCUT2D eigenvalue weighted by molar-refractivity contribution is 0.436. The van der Waals surface area contributed by atoms with Gasteiger partial charge in [-0.05, 0) is 37.3 Å². The zero-order valence-corrected chi connectivity index (χ0v) is 13.5. The summed E-state index contributed by atoms with van der Waals surface area (Å²) >= 11 is 1.22. The Bertz CT molecular complexity index is 660. The van der Waals surface area contributed by atoms with Gasteiger partial charge in [-0.1, -0.05) is 13.0 Å². The third-order valence-electron chi connectivity index (χ3n) is 2.97. The van der Waals surface area contributed by atoms with E-state index in [1.54, 1.807) is 17.5 Å². The molecule has 0 unspecified atom stereocenters. The minimum Gasteiger partial charge on any atom is -0.269 e. The summed E-state index contributed by atoms with van der Waals surface area (Å²) in [5.41, 5.74) is 2.07. The van der Waals surface area contributed by atoms with E-state index in [4.69, 9.17) is 0 Å². The first-order valence-corrected chi connectivity index (χ1v) is 8.79. The first kappa shape index (κ1) is 15.2. The molecule has 1 N–H and O–H groups in total. The Labute approximate surface area is 123 Å². The second-order valence-electron chi connectivity index (χ2n) is 5.00. The second kappa shape index (κ2) is 6.07. The van der Waals surface area contributed by atoms with Gasteiger partial charge >= 0.3 is 0 Å². The van der Waals surface area contributed by atoms with Gasteiger partial charge in [0.1, 0.15) is 4.21 Å². The molecule has 0 bridgehead atoms. The number of sulfonamides is 1. The fourth-order valence-corrected chi connectivity index (χ4v) is 4.16. The summed E-state index contributed by atoms with van der Waals surface area (Å²) < 4.78 is 28.9. The summed E-state index contributed by atoms with van der Waals surface area (Å²) in [6.07, 6.45) is 0. The van der Waals surface area contributed by atoms with Crippen molar-refractivity contribution in [3.05, 3.63) is 35.0 Å². The van der Waals surface area contributed by atoms with Gasteiger partial charge in [0.2, 0.25) is 10.0 Å². The maximum atomic E-state index is 12.0. The van der Waals surface area contributed by atoms with Gasteiger partial charge in [0.05, 0.1) is 5.69 Å². The molecule has 0 saturated carbocycles. The van der Waals surface area contributed by atoms with Crippen LogP contribution in [-0.2, 0) is 16.6 Å². The van der Waals surface area contributed by atoms with E-state index in [9.17, 15) is 8.42 Å². The van der Waals surface area contributed by atoms with Crippen molar-refractivity contribution >= 4 is 21.4 Å². The molecule has 0 aliphatic heterocycles. The molecular weight excluding hydrogens is 294 g/mol. The average molecular weight is 313 g/mol. The van der Waals surface area contributed by atoms with Gasteiger partial charge in [0.15, 0.2) is 0 Å². The van der Waals surface area contributed by atoms with Crippen molar-refractivity contribution in [2.75, 3.05) is 6.54 Å². The Hall–Kier alpha value is -1.18. The lowest BCUT2D eigenvalue weighted by Gasteiger charge is -2.13. The van der Waals surface area contributed by atoms with Crippen LogP contribution in [0.2, 0.25) is 0 Å². The molecule has 20 heavy (non-hydrogen) atoms. The number of aryl methyl sites for hydroxylation is 2. The number of aromatic nitrogens is 2. The van der Waals surface area contributed by atoms with Crippen LogP contribution in [0.3, 0.4) is 0 Å². The van der Waals surface area contributed by atoms with Crippen molar-refractivity contribution in [1.29, 1.82) is 0 Å². The molecule has 0 aliphatic rings. The van der Waals surface area contributed by atoms with Gasteiger partial charge in [0, 0.05) is 18.8 Å². The van der Waals surface area contributed by atoms with Crippen molar-refractivity contribution < 1.29 is 8.42 Å². The van der Waals surface area contributed by atoms with Gasteiger partial charge in [-0.15, -0.1) is 11.3 Å². The standard InChI is InChI=1S/C13H19N3O2S2/c1-10(9-16-12(3)7-11(2)15-16)8-14-20(17,18)13-5-4-6-19-13/h4-7,10,14H,8-9H2,1-3H3/t10-/m0/s1. The SMILES string of the molecule is Cc1cc(C)n(C[C@@H](C)CNS(=O)(=O)c2cccs2)n1. The molecular formula is C13H19N3O2S2. The number of thiophene rings is 1. The number of hydrogen-bond acceptors (Lipinski definition) is 4. The molecule has 5 nitrogen and oxygen atoms in total. The summed E-state index contributed by atoms with van der Waals surface area (Å²) in [6.45, 7) is 7.06. The summed E-state index contributed by atoms with van der Waals surface area (Å²) in [7, 11) is -3.37. The minimum absolute atomic E-state index is 0.169. The van der Waals surface area contributed by atoms with E-state index >= 15 is 0 Å². The number of hydrogen-bond donors (Lipinski definition) is 1. The van der Waals surface area contributed by atoms with Crippen LogP contribution in [0.25, 0.3) is 0 Å². The maximum absolute atomic E-state index is 12.0. The fraction of sp³-hybridized carbons (Fsp3) is 0.462. The average Bonchev–Trinajstić information content (AvgIpc) is 2.98. The Morgan fingerprint density at radius 1 is 1.45 bits per heavy atom. The molecule has 7 heteroatoms. The third-order valence-corrected chi connectivity index (χ3v) is 5.79. The van der Waals surface area contributed by atoms with Crippen LogP contribution in [0.4, 0.5) is 0 Å². The van der Waals surface area contributed by atoms with E-state index in [0.29, 0.717) is 17.3 Å². The zero-order chi connectivity index (χ0) is 14.8. The predicted molar refractivity (Wildman–Crippen MR) is 80.4 cm³/mol. The molecule has 110 valence electrons. The van der Waals surface area contributed by atoms with E-state index in [0.717, 1.165) is 11.4 Å². The monoisotopic (exact) mass is 313 g/mol. The number of nitrogens with zero attached hydrogens (tertiary/aromatic N) is 2. The first-order valence-electron chi connectivity index (χ1n) is 6.42. The fourth-order valence-electron chi connectivity index (χ4n) is 1.96. The molecule has 0 fully saturated rings. The third kappa shape index (κ3) is 3.68. The van der Waals surface area contributed by atoms with E-state index in [2.05, 4.69) is 9.82 Å². The molecule has 2 rings (SSSR count). The van der Waals surface area contributed by atoms with Gasteiger partial charge in [-0.2, -0.15) is 5.10 Å². The van der Waals surface area contributed by atoms with E-state index in [1.165, 1.54) is 11.3 Å². The lowest BCUT2D eigenvalue weighted by Crippen LogP contribution is -2.30.